The number of nitrogens with two attached hydrogens (primary N) is 1. The summed E-state index contributed by atoms with van der Waals surface area (Å²) < 4.78 is 5.28. The van der Waals surface area contributed by atoms with Crippen molar-refractivity contribution in [3.8, 4) is 0 Å². The zero-order valence-electron chi connectivity index (χ0n) is 10.8. The Balaban J connectivity index is 1.68. The molecule has 2 heterocycles. The molecule has 5 nitrogen and oxygen atoms in total. The number of benzene rings is 1. The molecule has 1 aromatic carbocycles. The molecule has 0 bridgehead atoms. The highest BCUT2D eigenvalue weighted by Crippen LogP contribution is 2.20. The molecular weight excluding hydrogens is 240 g/mol. The van der Waals surface area contributed by atoms with Crippen LogP contribution in [-0.2, 0) is 6.42 Å². The normalized spacial score (nSPS) is 16.8. The summed E-state index contributed by atoms with van der Waals surface area (Å²) in [6.45, 7) is 2.01. The highest BCUT2D eigenvalue weighted by atomic mass is 16.5. The molecule has 3 rings (SSSR count). The van der Waals surface area contributed by atoms with Crippen LogP contribution < -0.4 is 10.6 Å². The lowest BCUT2D eigenvalue weighted by molar-refractivity contribution is 0.353. The summed E-state index contributed by atoms with van der Waals surface area (Å²) in [5.41, 5.74) is 7.30. The first-order valence-corrected chi connectivity index (χ1v) is 6.71. The number of rotatable bonds is 4. The summed E-state index contributed by atoms with van der Waals surface area (Å²) >= 11 is 0. The SMILES string of the molecule is N[C@H](Cc1ccccc1)c1nc(N2CCCC2)no1. The van der Waals surface area contributed by atoms with Gasteiger partial charge in [0.15, 0.2) is 0 Å². The third kappa shape index (κ3) is 2.76. The van der Waals surface area contributed by atoms with E-state index < -0.39 is 0 Å². The lowest BCUT2D eigenvalue weighted by Gasteiger charge is -2.10. The summed E-state index contributed by atoms with van der Waals surface area (Å²) in [7, 11) is 0. The monoisotopic (exact) mass is 258 g/mol. The van der Waals surface area contributed by atoms with Gasteiger partial charge in [-0.25, -0.2) is 0 Å². The smallest absolute Gasteiger partial charge is 0.266 e. The fraction of sp³-hybridized carbons (Fsp3) is 0.429. The van der Waals surface area contributed by atoms with Crippen molar-refractivity contribution in [3.63, 3.8) is 0 Å². The molecule has 1 atom stereocenters. The van der Waals surface area contributed by atoms with Gasteiger partial charge in [0.2, 0.25) is 5.89 Å². The minimum atomic E-state index is -0.244. The summed E-state index contributed by atoms with van der Waals surface area (Å²) in [5.74, 6) is 1.20. The minimum absolute atomic E-state index is 0.244. The summed E-state index contributed by atoms with van der Waals surface area (Å²) in [5, 5.41) is 4.02. The van der Waals surface area contributed by atoms with E-state index in [0.717, 1.165) is 13.1 Å². The Labute approximate surface area is 112 Å². The first kappa shape index (κ1) is 12.2. The minimum Gasteiger partial charge on any atom is -0.338 e. The third-order valence-corrected chi connectivity index (χ3v) is 3.44. The molecule has 1 aliphatic heterocycles. The average molecular weight is 258 g/mol. The highest BCUT2D eigenvalue weighted by Gasteiger charge is 2.20. The van der Waals surface area contributed by atoms with Crippen LogP contribution in [0.5, 0.6) is 0 Å². The van der Waals surface area contributed by atoms with Crippen molar-refractivity contribution in [2.24, 2.45) is 5.73 Å². The fourth-order valence-corrected chi connectivity index (χ4v) is 2.38. The van der Waals surface area contributed by atoms with Gasteiger partial charge >= 0.3 is 0 Å². The molecule has 1 aliphatic rings. The maximum Gasteiger partial charge on any atom is 0.266 e. The fourth-order valence-electron chi connectivity index (χ4n) is 2.38. The van der Waals surface area contributed by atoms with Crippen molar-refractivity contribution in [2.75, 3.05) is 18.0 Å². The van der Waals surface area contributed by atoms with Gasteiger partial charge in [-0.05, 0) is 30.0 Å². The highest BCUT2D eigenvalue weighted by molar-refractivity contribution is 5.29. The van der Waals surface area contributed by atoms with Gasteiger partial charge in [0.1, 0.15) is 0 Å². The van der Waals surface area contributed by atoms with Crippen LogP contribution in [0.4, 0.5) is 5.95 Å². The van der Waals surface area contributed by atoms with Crippen molar-refractivity contribution < 1.29 is 4.52 Å². The molecule has 0 aliphatic carbocycles. The molecule has 0 unspecified atom stereocenters. The van der Waals surface area contributed by atoms with Crippen LogP contribution in [-0.4, -0.2) is 23.2 Å². The van der Waals surface area contributed by atoms with Gasteiger partial charge in [-0.2, -0.15) is 4.98 Å². The van der Waals surface area contributed by atoms with Crippen LogP contribution >= 0.6 is 0 Å². The Morgan fingerprint density at radius 3 is 2.68 bits per heavy atom. The predicted octanol–water partition coefficient (Wildman–Crippen LogP) is 1.91. The van der Waals surface area contributed by atoms with E-state index in [1.165, 1.54) is 18.4 Å². The molecule has 5 heteroatoms. The van der Waals surface area contributed by atoms with Gasteiger partial charge < -0.3 is 15.2 Å². The van der Waals surface area contributed by atoms with E-state index in [1.54, 1.807) is 0 Å². The van der Waals surface area contributed by atoms with Crippen LogP contribution in [0.2, 0.25) is 0 Å². The van der Waals surface area contributed by atoms with E-state index in [9.17, 15) is 0 Å². The van der Waals surface area contributed by atoms with Gasteiger partial charge in [-0.1, -0.05) is 30.3 Å². The molecule has 1 fully saturated rings. The number of anilines is 1. The van der Waals surface area contributed by atoms with E-state index >= 15 is 0 Å². The molecule has 0 spiro atoms. The van der Waals surface area contributed by atoms with Crippen molar-refractivity contribution in [1.82, 2.24) is 10.1 Å². The quantitative estimate of drug-likeness (QED) is 0.907. The standard InChI is InChI=1S/C14H18N4O/c15-12(10-11-6-2-1-3-7-11)13-16-14(17-19-13)18-8-4-5-9-18/h1-3,6-7,12H,4-5,8-10,15H2/t12-/m1/s1. The molecular formula is C14H18N4O. The Morgan fingerprint density at radius 1 is 1.21 bits per heavy atom. The average Bonchev–Trinajstić information content (AvgIpc) is 3.11. The van der Waals surface area contributed by atoms with Crippen LogP contribution in [0.15, 0.2) is 34.9 Å². The van der Waals surface area contributed by atoms with Crippen molar-refractivity contribution >= 4 is 5.95 Å². The zero-order valence-corrected chi connectivity index (χ0v) is 10.8. The largest absolute Gasteiger partial charge is 0.338 e. The number of aromatic nitrogens is 2. The van der Waals surface area contributed by atoms with E-state index in [-0.39, 0.29) is 6.04 Å². The van der Waals surface area contributed by atoms with E-state index in [0.29, 0.717) is 18.3 Å². The first-order chi connectivity index (χ1) is 9.33. The number of hydrogen-bond acceptors (Lipinski definition) is 5. The maximum absolute atomic E-state index is 6.12. The zero-order chi connectivity index (χ0) is 13.1. The predicted molar refractivity (Wildman–Crippen MR) is 72.8 cm³/mol. The second-order valence-electron chi connectivity index (χ2n) is 4.92. The van der Waals surface area contributed by atoms with Gasteiger partial charge in [0.25, 0.3) is 5.95 Å². The van der Waals surface area contributed by atoms with Crippen molar-refractivity contribution in [2.45, 2.75) is 25.3 Å². The Morgan fingerprint density at radius 2 is 1.95 bits per heavy atom. The molecule has 0 saturated carbocycles. The van der Waals surface area contributed by atoms with Gasteiger partial charge in [-0.15, -0.1) is 0 Å². The second kappa shape index (κ2) is 5.40. The molecule has 1 aromatic heterocycles. The van der Waals surface area contributed by atoms with Crippen LogP contribution in [0, 0.1) is 0 Å². The van der Waals surface area contributed by atoms with Crippen LogP contribution in [0.25, 0.3) is 0 Å². The topological polar surface area (TPSA) is 68.2 Å². The molecule has 19 heavy (non-hydrogen) atoms. The summed E-state index contributed by atoms with van der Waals surface area (Å²) in [4.78, 5) is 6.55. The van der Waals surface area contributed by atoms with E-state index in [1.807, 2.05) is 18.2 Å². The van der Waals surface area contributed by atoms with Crippen LogP contribution in [0.1, 0.15) is 30.3 Å². The molecule has 2 aromatic rings. The lowest BCUT2D eigenvalue weighted by atomic mass is 10.1. The molecule has 0 amide bonds. The van der Waals surface area contributed by atoms with Crippen molar-refractivity contribution in [1.29, 1.82) is 0 Å². The van der Waals surface area contributed by atoms with E-state index in [2.05, 4.69) is 27.2 Å². The third-order valence-electron chi connectivity index (χ3n) is 3.44. The molecule has 2 N–H and O–H groups in total. The van der Waals surface area contributed by atoms with Gasteiger partial charge in [-0.3, -0.25) is 0 Å². The number of nitrogens with zero attached hydrogens (tertiary/aromatic N) is 3. The van der Waals surface area contributed by atoms with Gasteiger partial charge in [0.05, 0.1) is 6.04 Å². The lowest BCUT2D eigenvalue weighted by Crippen LogP contribution is -2.19. The summed E-state index contributed by atoms with van der Waals surface area (Å²) in [6.07, 6.45) is 3.10. The molecule has 0 radical (unpaired) electrons. The van der Waals surface area contributed by atoms with Crippen molar-refractivity contribution in [3.05, 3.63) is 41.8 Å². The second-order valence-corrected chi connectivity index (χ2v) is 4.92. The van der Waals surface area contributed by atoms with Crippen LogP contribution in [0.3, 0.4) is 0 Å². The Kier molecular flexibility index (Phi) is 3.46. The maximum atomic E-state index is 6.12. The van der Waals surface area contributed by atoms with E-state index in [4.69, 9.17) is 10.3 Å². The Bertz CT molecular complexity index is 519. The van der Waals surface area contributed by atoms with Gasteiger partial charge in [0, 0.05) is 13.1 Å². The first-order valence-electron chi connectivity index (χ1n) is 6.71. The molecule has 100 valence electrons. The molecule has 1 saturated heterocycles. The number of hydrogen-bond donors (Lipinski definition) is 1. The summed E-state index contributed by atoms with van der Waals surface area (Å²) in [6, 6.07) is 9.87. The Hall–Kier alpha value is -1.88.